The second-order valence-electron chi connectivity index (χ2n) is 4.93. The van der Waals surface area contributed by atoms with Gasteiger partial charge in [0.15, 0.2) is 0 Å². The first-order chi connectivity index (χ1) is 7.51. The van der Waals surface area contributed by atoms with Gasteiger partial charge in [0.25, 0.3) is 0 Å². The summed E-state index contributed by atoms with van der Waals surface area (Å²) < 4.78 is 0. The highest BCUT2D eigenvalue weighted by atomic mass is 16.2. The first-order valence-electron chi connectivity index (χ1n) is 5.62. The first-order valence-corrected chi connectivity index (χ1v) is 5.62. The molecule has 0 atom stereocenters. The molecule has 2 N–H and O–H groups in total. The molecule has 0 heterocycles. The maximum Gasteiger partial charge on any atom is 0.0615 e. The predicted molar refractivity (Wildman–Crippen MR) is 69.2 cm³/mol. The summed E-state index contributed by atoms with van der Waals surface area (Å²) in [7, 11) is 0. The summed E-state index contributed by atoms with van der Waals surface area (Å²) in [6.07, 6.45) is 3.66. The number of benzene rings is 1. The lowest BCUT2D eigenvalue weighted by atomic mass is 10.1. The summed E-state index contributed by atoms with van der Waals surface area (Å²) in [6, 6.07) is 8.34. The Balaban J connectivity index is 2.55. The van der Waals surface area contributed by atoms with Crippen molar-refractivity contribution in [1.29, 1.82) is 0 Å². The molecule has 1 aromatic rings. The third kappa shape index (κ3) is 5.10. The van der Waals surface area contributed by atoms with Crippen molar-refractivity contribution in [2.45, 2.75) is 32.9 Å². The van der Waals surface area contributed by atoms with Crippen molar-refractivity contribution in [3.8, 4) is 0 Å². The van der Waals surface area contributed by atoms with Crippen LogP contribution in [0.4, 0.5) is 0 Å². The second kappa shape index (κ2) is 5.83. The van der Waals surface area contributed by atoms with Crippen molar-refractivity contribution in [3.05, 3.63) is 41.5 Å². The monoisotopic (exact) mass is 219 g/mol. The highest BCUT2D eigenvalue weighted by Gasteiger charge is 2.07. The van der Waals surface area contributed by atoms with Crippen LogP contribution in [0.25, 0.3) is 6.08 Å². The van der Waals surface area contributed by atoms with Crippen LogP contribution < -0.4 is 5.32 Å². The number of aliphatic hydroxyl groups excluding tert-OH is 1. The van der Waals surface area contributed by atoms with Gasteiger partial charge in [0, 0.05) is 12.1 Å². The molecule has 1 aromatic carbocycles. The van der Waals surface area contributed by atoms with Crippen LogP contribution in [0.1, 0.15) is 31.9 Å². The van der Waals surface area contributed by atoms with Crippen LogP contribution in [-0.4, -0.2) is 17.3 Å². The van der Waals surface area contributed by atoms with Crippen LogP contribution >= 0.6 is 0 Å². The van der Waals surface area contributed by atoms with E-state index in [0.29, 0.717) is 0 Å². The molecule has 0 amide bonds. The Bertz CT molecular complexity index is 333. The van der Waals surface area contributed by atoms with Gasteiger partial charge < -0.3 is 10.4 Å². The lowest BCUT2D eigenvalue weighted by molar-refractivity contribution is 0.343. The Hall–Kier alpha value is -1.12. The number of nitrogens with one attached hydrogen (secondary N) is 1. The van der Waals surface area contributed by atoms with Crippen molar-refractivity contribution >= 4 is 6.08 Å². The average Bonchev–Trinajstić information content (AvgIpc) is 2.24. The van der Waals surface area contributed by atoms with Crippen molar-refractivity contribution in [1.82, 2.24) is 5.32 Å². The van der Waals surface area contributed by atoms with E-state index in [1.54, 1.807) is 6.08 Å². The van der Waals surface area contributed by atoms with Crippen LogP contribution in [0.5, 0.6) is 0 Å². The standard InChI is InChI=1S/C14H21NO/c1-14(2,3)15-11-13-8-6-12(7-9-13)5-4-10-16/h4-9,15-16H,10-11H2,1-3H3. The highest BCUT2D eigenvalue weighted by Crippen LogP contribution is 2.08. The predicted octanol–water partition coefficient (Wildman–Crippen LogP) is 2.58. The van der Waals surface area contributed by atoms with Crippen molar-refractivity contribution < 1.29 is 5.11 Å². The SMILES string of the molecule is CC(C)(C)NCc1ccc(C=CCO)cc1. The smallest absolute Gasteiger partial charge is 0.0615 e. The van der Waals surface area contributed by atoms with Gasteiger partial charge in [-0.25, -0.2) is 0 Å². The number of hydrogen-bond acceptors (Lipinski definition) is 2. The van der Waals surface area contributed by atoms with E-state index >= 15 is 0 Å². The van der Waals surface area contributed by atoms with E-state index in [4.69, 9.17) is 5.11 Å². The topological polar surface area (TPSA) is 32.3 Å². The minimum atomic E-state index is 0.0906. The van der Waals surface area contributed by atoms with Gasteiger partial charge in [0.1, 0.15) is 0 Å². The summed E-state index contributed by atoms with van der Waals surface area (Å²) in [4.78, 5) is 0. The van der Waals surface area contributed by atoms with Crippen molar-refractivity contribution in [3.63, 3.8) is 0 Å². The fourth-order valence-corrected chi connectivity index (χ4v) is 1.30. The van der Waals surface area contributed by atoms with Crippen molar-refractivity contribution in [2.75, 3.05) is 6.61 Å². The molecule has 0 unspecified atom stereocenters. The maximum absolute atomic E-state index is 8.66. The molecule has 2 heteroatoms. The molecule has 0 spiro atoms. The Morgan fingerprint density at radius 3 is 2.31 bits per heavy atom. The largest absolute Gasteiger partial charge is 0.392 e. The highest BCUT2D eigenvalue weighted by molar-refractivity contribution is 5.49. The van der Waals surface area contributed by atoms with Gasteiger partial charge in [-0.3, -0.25) is 0 Å². The normalized spacial score (nSPS) is 12.2. The molecule has 0 aliphatic rings. The third-order valence-electron chi connectivity index (χ3n) is 2.22. The number of hydrogen-bond donors (Lipinski definition) is 2. The molecule has 0 fully saturated rings. The summed E-state index contributed by atoms with van der Waals surface area (Å²) in [6.45, 7) is 7.45. The molecule has 0 aliphatic heterocycles. The van der Waals surface area contributed by atoms with E-state index in [1.807, 2.05) is 6.08 Å². The summed E-state index contributed by atoms with van der Waals surface area (Å²) in [5.74, 6) is 0. The van der Waals surface area contributed by atoms with Gasteiger partial charge >= 0.3 is 0 Å². The van der Waals surface area contributed by atoms with Crippen LogP contribution in [0.15, 0.2) is 30.3 Å². The molecule has 0 aromatic heterocycles. The Morgan fingerprint density at radius 2 is 1.81 bits per heavy atom. The van der Waals surface area contributed by atoms with Gasteiger partial charge in [0.05, 0.1) is 6.61 Å². The summed E-state index contributed by atoms with van der Waals surface area (Å²) in [5.41, 5.74) is 2.54. The van der Waals surface area contributed by atoms with Crippen LogP contribution in [-0.2, 0) is 6.54 Å². The lowest BCUT2D eigenvalue weighted by Gasteiger charge is -2.20. The average molecular weight is 219 g/mol. The molecular weight excluding hydrogens is 198 g/mol. The van der Waals surface area contributed by atoms with Crippen molar-refractivity contribution in [2.24, 2.45) is 0 Å². The zero-order valence-electron chi connectivity index (χ0n) is 10.3. The molecule has 0 bridgehead atoms. The minimum absolute atomic E-state index is 0.0906. The molecule has 2 nitrogen and oxygen atoms in total. The van der Waals surface area contributed by atoms with E-state index in [2.05, 4.69) is 50.4 Å². The van der Waals surface area contributed by atoms with Gasteiger partial charge in [-0.1, -0.05) is 36.4 Å². The number of rotatable bonds is 4. The summed E-state index contributed by atoms with van der Waals surface area (Å²) >= 11 is 0. The van der Waals surface area contributed by atoms with Gasteiger partial charge in [-0.2, -0.15) is 0 Å². The fraction of sp³-hybridized carbons (Fsp3) is 0.429. The minimum Gasteiger partial charge on any atom is -0.392 e. The van der Waals surface area contributed by atoms with Gasteiger partial charge in [-0.15, -0.1) is 0 Å². The molecule has 16 heavy (non-hydrogen) atoms. The first kappa shape index (κ1) is 12.9. The maximum atomic E-state index is 8.66. The molecule has 0 radical (unpaired) electrons. The van der Waals surface area contributed by atoms with E-state index in [-0.39, 0.29) is 12.1 Å². The number of aliphatic hydroxyl groups is 1. The lowest BCUT2D eigenvalue weighted by Crippen LogP contribution is -2.35. The second-order valence-corrected chi connectivity index (χ2v) is 4.93. The van der Waals surface area contributed by atoms with E-state index in [9.17, 15) is 0 Å². The molecule has 88 valence electrons. The Kier molecular flexibility index (Phi) is 4.71. The zero-order chi connectivity index (χ0) is 12.0. The zero-order valence-corrected chi connectivity index (χ0v) is 10.3. The van der Waals surface area contributed by atoms with E-state index in [1.165, 1.54) is 5.56 Å². The van der Waals surface area contributed by atoms with Crippen LogP contribution in [0.2, 0.25) is 0 Å². The third-order valence-corrected chi connectivity index (χ3v) is 2.22. The van der Waals surface area contributed by atoms with Gasteiger partial charge in [-0.05, 0) is 31.9 Å². The van der Waals surface area contributed by atoms with E-state index < -0.39 is 0 Å². The Morgan fingerprint density at radius 1 is 1.19 bits per heavy atom. The van der Waals surface area contributed by atoms with Crippen LogP contribution in [0, 0.1) is 0 Å². The van der Waals surface area contributed by atoms with Crippen LogP contribution in [0.3, 0.4) is 0 Å². The summed E-state index contributed by atoms with van der Waals surface area (Å²) in [5, 5.41) is 12.1. The molecule has 0 saturated heterocycles. The fourth-order valence-electron chi connectivity index (χ4n) is 1.30. The molecule has 1 rings (SSSR count). The van der Waals surface area contributed by atoms with Gasteiger partial charge in [0.2, 0.25) is 0 Å². The quantitative estimate of drug-likeness (QED) is 0.815. The molecular formula is C14H21NO. The Labute approximate surface area is 98.0 Å². The molecule has 0 aliphatic carbocycles. The van der Waals surface area contributed by atoms with E-state index in [0.717, 1.165) is 12.1 Å². The molecule has 0 saturated carbocycles.